The summed E-state index contributed by atoms with van der Waals surface area (Å²) in [5.74, 6) is 3.23. The maximum atomic E-state index is 3.44. The molecule has 0 aliphatic heterocycles. The smallest absolute Gasteiger partial charge is 0.00934 e. The summed E-state index contributed by atoms with van der Waals surface area (Å²) in [4.78, 5) is 2.71. The monoisotopic (exact) mass is 250 g/mol. The summed E-state index contributed by atoms with van der Waals surface area (Å²) in [5.41, 5.74) is 0. The third kappa shape index (κ3) is 2.60. The van der Waals surface area contributed by atoms with Gasteiger partial charge in [0, 0.05) is 18.6 Å². The van der Waals surface area contributed by atoms with Gasteiger partial charge in [-0.25, -0.2) is 0 Å². The topological polar surface area (TPSA) is 15.3 Å². The van der Waals surface area contributed by atoms with E-state index in [4.69, 9.17) is 0 Å². The molecule has 0 saturated heterocycles. The van der Waals surface area contributed by atoms with E-state index < -0.39 is 0 Å². The zero-order chi connectivity index (χ0) is 12.5. The van der Waals surface area contributed by atoms with E-state index in [1.54, 1.807) is 12.8 Å². The number of nitrogens with zero attached hydrogens (tertiary/aromatic N) is 1. The molecule has 0 radical (unpaired) electrons. The highest BCUT2D eigenvalue weighted by Gasteiger charge is 2.40. The maximum Gasteiger partial charge on any atom is 0.00934 e. The summed E-state index contributed by atoms with van der Waals surface area (Å²) in [7, 11) is 4.50. The van der Waals surface area contributed by atoms with Crippen molar-refractivity contribution in [1.29, 1.82) is 0 Å². The van der Waals surface area contributed by atoms with Crippen molar-refractivity contribution in [3.8, 4) is 0 Å². The van der Waals surface area contributed by atoms with Gasteiger partial charge in [-0.1, -0.05) is 6.42 Å². The first-order valence-electron chi connectivity index (χ1n) is 8.13. The molecule has 104 valence electrons. The third-order valence-corrected chi connectivity index (χ3v) is 6.14. The fraction of sp³-hybridized carbons (Fsp3) is 1.00. The molecule has 2 bridgehead atoms. The van der Waals surface area contributed by atoms with Gasteiger partial charge in [0.2, 0.25) is 0 Å². The molecule has 0 aromatic rings. The third-order valence-electron chi connectivity index (χ3n) is 6.14. The Morgan fingerprint density at radius 2 is 1.78 bits per heavy atom. The van der Waals surface area contributed by atoms with Gasteiger partial charge in [0.05, 0.1) is 0 Å². The minimum absolute atomic E-state index is 0.789. The van der Waals surface area contributed by atoms with E-state index in [0.717, 1.165) is 29.8 Å². The van der Waals surface area contributed by atoms with Crippen LogP contribution < -0.4 is 5.32 Å². The van der Waals surface area contributed by atoms with E-state index in [-0.39, 0.29) is 0 Å². The van der Waals surface area contributed by atoms with Crippen molar-refractivity contribution in [2.24, 2.45) is 17.8 Å². The number of rotatable bonds is 4. The van der Waals surface area contributed by atoms with Gasteiger partial charge >= 0.3 is 0 Å². The van der Waals surface area contributed by atoms with Crippen molar-refractivity contribution < 1.29 is 0 Å². The minimum Gasteiger partial charge on any atom is -0.317 e. The lowest BCUT2D eigenvalue weighted by atomic mass is 9.86. The van der Waals surface area contributed by atoms with Crippen LogP contribution in [0.1, 0.15) is 51.4 Å². The molecular weight excluding hydrogens is 220 g/mol. The highest BCUT2D eigenvalue weighted by molar-refractivity contribution is 4.92. The van der Waals surface area contributed by atoms with Crippen molar-refractivity contribution in [2.75, 3.05) is 20.6 Å². The zero-order valence-corrected chi connectivity index (χ0v) is 12.2. The first-order chi connectivity index (χ1) is 8.76. The molecule has 2 nitrogen and oxygen atoms in total. The lowest BCUT2D eigenvalue weighted by Crippen LogP contribution is -2.42. The molecule has 3 rings (SSSR count). The van der Waals surface area contributed by atoms with Gasteiger partial charge in [0.25, 0.3) is 0 Å². The van der Waals surface area contributed by atoms with E-state index >= 15 is 0 Å². The Morgan fingerprint density at radius 1 is 1.00 bits per heavy atom. The van der Waals surface area contributed by atoms with E-state index in [9.17, 15) is 0 Å². The molecule has 0 amide bonds. The predicted molar refractivity (Wildman–Crippen MR) is 76.7 cm³/mol. The van der Waals surface area contributed by atoms with Gasteiger partial charge in [0.15, 0.2) is 0 Å². The summed E-state index contributed by atoms with van der Waals surface area (Å²) in [5, 5.41) is 3.44. The Labute approximate surface area is 113 Å². The van der Waals surface area contributed by atoms with Gasteiger partial charge in [-0.15, -0.1) is 0 Å². The fourth-order valence-corrected chi connectivity index (χ4v) is 4.92. The van der Waals surface area contributed by atoms with Crippen LogP contribution in [0.2, 0.25) is 0 Å². The van der Waals surface area contributed by atoms with E-state index in [2.05, 4.69) is 24.3 Å². The van der Waals surface area contributed by atoms with Crippen LogP contribution in [0.4, 0.5) is 0 Å². The second-order valence-corrected chi connectivity index (χ2v) is 7.17. The Kier molecular flexibility index (Phi) is 3.95. The lowest BCUT2D eigenvalue weighted by Gasteiger charge is -2.37. The number of nitrogens with one attached hydrogen (secondary N) is 1. The molecule has 0 aromatic heterocycles. The quantitative estimate of drug-likeness (QED) is 0.825. The average molecular weight is 250 g/mol. The molecule has 3 aliphatic carbocycles. The Balaban J connectivity index is 1.46. The van der Waals surface area contributed by atoms with Crippen LogP contribution in [0, 0.1) is 17.8 Å². The zero-order valence-electron chi connectivity index (χ0n) is 12.2. The molecular formula is C16H30N2. The molecule has 3 unspecified atom stereocenters. The van der Waals surface area contributed by atoms with Crippen LogP contribution in [0.5, 0.6) is 0 Å². The summed E-state index contributed by atoms with van der Waals surface area (Å²) in [6.07, 6.45) is 11.7. The summed E-state index contributed by atoms with van der Waals surface area (Å²) < 4.78 is 0. The van der Waals surface area contributed by atoms with Gasteiger partial charge in [-0.2, -0.15) is 0 Å². The van der Waals surface area contributed by atoms with Crippen molar-refractivity contribution in [3.63, 3.8) is 0 Å². The SMILES string of the molecule is CNC1CCC(N(C)CC2CC3CCC2C3)CC1. The molecule has 3 saturated carbocycles. The first-order valence-corrected chi connectivity index (χ1v) is 8.13. The molecule has 0 spiro atoms. The molecule has 18 heavy (non-hydrogen) atoms. The minimum atomic E-state index is 0.789. The van der Waals surface area contributed by atoms with Crippen LogP contribution in [-0.2, 0) is 0 Å². The van der Waals surface area contributed by atoms with E-state index in [0.29, 0.717) is 0 Å². The first kappa shape index (κ1) is 12.9. The Bertz CT molecular complexity index is 270. The normalized spacial score (nSPS) is 43.8. The number of hydrogen-bond donors (Lipinski definition) is 1. The van der Waals surface area contributed by atoms with E-state index in [1.165, 1.54) is 45.1 Å². The van der Waals surface area contributed by atoms with Crippen molar-refractivity contribution in [3.05, 3.63) is 0 Å². The van der Waals surface area contributed by atoms with Crippen LogP contribution >= 0.6 is 0 Å². The molecule has 3 atom stereocenters. The molecule has 2 heteroatoms. The molecule has 0 heterocycles. The number of fused-ring (bicyclic) bond motifs is 2. The van der Waals surface area contributed by atoms with Crippen LogP contribution in [0.25, 0.3) is 0 Å². The van der Waals surface area contributed by atoms with Crippen molar-refractivity contribution in [2.45, 2.75) is 63.5 Å². The lowest BCUT2D eigenvalue weighted by molar-refractivity contribution is 0.135. The molecule has 0 aromatic carbocycles. The fourth-order valence-electron chi connectivity index (χ4n) is 4.92. The summed E-state index contributed by atoms with van der Waals surface area (Å²) in [6.45, 7) is 1.38. The largest absolute Gasteiger partial charge is 0.317 e. The number of hydrogen-bond acceptors (Lipinski definition) is 2. The van der Waals surface area contributed by atoms with Crippen molar-refractivity contribution >= 4 is 0 Å². The van der Waals surface area contributed by atoms with Crippen LogP contribution in [0.15, 0.2) is 0 Å². The van der Waals surface area contributed by atoms with Crippen LogP contribution in [-0.4, -0.2) is 37.6 Å². The van der Waals surface area contributed by atoms with Gasteiger partial charge in [-0.3, -0.25) is 0 Å². The standard InChI is InChI=1S/C16H30N2/c1-17-15-5-7-16(8-6-15)18(2)11-14-10-12-3-4-13(14)9-12/h12-17H,3-11H2,1-2H3. The van der Waals surface area contributed by atoms with Crippen molar-refractivity contribution in [1.82, 2.24) is 10.2 Å². The average Bonchev–Trinajstić information content (AvgIpc) is 3.01. The van der Waals surface area contributed by atoms with Crippen LogP contribution in [0.3, 0.4) is 0 Å². The second-order valence-electron chi connectivity index (χ2n) is 7.17. The van der Waals surface area contributed by atoms with Gasteiger partial charge in [-0.05, 0) is 76.8 Å². The Hall–Kier alpha value is -0.0800. The molecule has 3 fully saturated rings. The highest BCUT2D eigenvalue weighted by Crippen LogP contribution is 2.48. The summed E-state index contributed by atoms with van der Waals surface area (Å²) in [6, 6.07) is 1.66. The Morgan fingerprint density at radius 3 is 2.33 bits per heavy atom. The van der Waals surface area contributed by atoms with Gasteiger partial charge < -0.3 is 10.2 Å². The summed E-state index contributed by atoms with van der Waals surface area (Å²) >= 11 is 0. The second kappa shape index (κ2) is 5.50. The maximum absolute atomic E-state index is 3.44. The predicted octanol–water partition coefficient (Wildman–Crippen LogP) is 2.89. The molecule has 1 N–H and O–H groups in total. The van der Waals surface area contributed by atoms with Gasteiger partial charge in [0.1, 0.15) is 0 Å². The highest BCUT2D eigenvalue weighted by atomic mass is 15.1. The molecule has 3 aliphatic rings. The van der Waals surface area contributed by atoms with E-state index in [1.807, 2.05) is 0 Å².